The molecule has 1 aromatic carbocycles. The van der Waals surface area contributed by atoms with Crippen molar-refractivity contribution in [3.05, 3.63) is 33.2 Å². The molecule has 0 unspecified atom stereocenters. The van der Waals surface area contributed by atoms with Crippen molar-refractivity contribution in [3.63, 3.8) is 0 Å². The summed E-state index contributed by atoms with van der Waals surface area (Å²) in [6.07, 6.45) is 1.10. The van der Waals surface area contributed by atoms with Gasteiger partial charge in [0.1, 0.15) is 11.6 Å². The molecule has 0 aliphatic carbocycles. The minimum atomic E-state index is -0.273. The van der Waals surface area contributed by atoms with Crippen molar-refractivity contribution < 1.29 is 9.59 Å². The van der Waals surface area contributed by atoms with Gasteiger partial charge in [0.2, 0.25) is 16.9 Å². The molecular weight excluding hydrogens is 392 g/mol. The number of carbonyl (C=O) groups excluding carboxylic acids is 2. The Bertz CT molecular complexity index is 790. The normalized spacial score (nSPS) is 14.0. The highest BCUT2D eigenvalue weighted by Gasteiger charge is 2.26. The van der Waals surface area contributed by atoms with E-state index in [1.54, 1.807) is 0 Å². The fourth-order valence-corrected chi connectivity index (χ4v) is 3.69. The van der Waals surface area contributed by atoms with Crippen LogP contribution in [0.25, 0.3) is 0 Å². The second kappa shape index (κ2) is 6.98. The number of anilines is 2. The first-order chi connectivity index (χ1) is 11.4. The van der Waals surface area contributed by atoms with E-state index < -0.39 is 0 Å². The molecule has 8 heteroatoms. The third kappa shape index (κ3) is 3.64. The van der Waals surface area contributed by atoms with Crippen LogP contribution in [0.4, 0.5) is 10.8 Å². The molecular formula is C16H17BrN4O2S. The van der Waals surface area contributed by atoms with E-state index in [2.05, 4.69) is 31.4 Å². The van der Waals surface area contributed by atoms with Gasteiger partial charge in [-0.3, -0.25) is 14.9 Å². The Morgan fingerprint density at radius 1 is 1.38 bits per heavy atom. The summed E-state index contributed by atoms with van der Waals surface area (Å²) >= 11 is 4.79. The zero-order valence-corrected chi connectivity index (χ0v) is 15.8. The molecule has 2 amide bonds. The number of aryl methyl sites for hydroxylation is 1. The summed E-state index contributed by atoms with van der Waals surface area (Å²) in [5, 5.41) is 12.1. The summed E-state index contributed by atoms with van der Waals surface area (Å²) in [6.45, 7) is 4.02. The van der Waals surface area contributed by atoms with Gasteiger partial charge in [-0.2, -0.15) is 0 Å². The molecule has 0 bridgehead atoms. The zero-order chi connectivity index (χ0) is 17.3. The summed E-state index contributed by atoms with van der Waals surface area (Å²) in [7, 11) is 0. The second-order valence-electron chi connectivity index (χ2n) is 5.90. The van der Waals surface area contributed by atoms with E-state index in [9.17, 15) is 9.59 Å². The number of nitrogens with one attached hydrogen (secondary N) is 1. The Morgan fingerprint density at radius 3 is 2.88 bits per heavy atom. The standard InChI is InChI=1S/C16H17BrN4O2S/c1-9(2)15-19-20-16(24-15)18-13(22)8-21-12-5-4-11(17)7-10(12)3-6-14(21)23/h4-5,7,9H,3,6,8H2,1-2H3,(H,18,20,22). The van der Waals surface area contributed by atoms with Crippen molar-refractivity contribution in [1.82, 2.24) is 10.2 Å². The van der Waals surface area contributed by atoms with Gasteiger partial charge in [0.15, 0.2) is 0 Å². The Balaban J connectivity index is 1.73. The Morgan fingerprint density at radius 2 is 2.17 bits per heavy atom. The fraction of sp³-hybridized carbons (Fsp3) is 0.375. The van der Waals surface area contributed by atoms with Crippen molar-refractivity contribution in [2.24, 2.45) is 0 Å². The highest BCUT2D eigenvalue weighted by Crippen LogP contribution is 2.30. The zero-order valence-electron chi connectivity index (χ0n) is 13.4. The molecule has 2 heterocycles. The van der Waals surface area contributed by atoms with E-state index in [4.69, 9.17) is 0 Å². The minimum Gasteiger partial charge on any atom is -0.303 e. The van der Waals surface area contributed by atoms with Crippen molar-refractivity contribution in [2.75, 3.05) is 16.8 Å². The van der Waals surface area contributed by atoms with Crippen LogP contribution < -0.4 is 10.2 Å². The molecule has 1 aliphatic heterocycles. The van der Waals surface area contributed by atoms with Gasteiger partial charge in [-0.1, -0.05) is 41.1 Å². The monoisotopic (exact) mass is 408 g/mol. The summed E-state index contributed by atoms with van der Waals surface area (Å²) < 4.78 is 0.968. The quantitative estimate of drug-likeness (QED) is 0.841. The molecule has 126 valence electrons. The maximum absolute atomic E-state index is 12.3. The van der Waals surface area contributed by atoms with Crippen LogP contribution in [0, 0.1) is 0 Å². The number of hydrogen-bond donors (Lipinski definition) is 1. The van der Waals surface area contributed by atoms with Gasteiger partial charge < -0.3 is 4.90 Å². The number of rotatable bonds is 4. The van der Waals surface area contributed by atoms with Gasteiger partial charge in [0.05, 0.1) is 0 Å². The van der Waals surface area contributed by atoms with Gasteiger partial charge in [0, 0.05) is 22.5 Å². The van der Waals surface area contributed by atoms with Crippen LogP contribution in [0.5, 0.6) is 0 Å². The molecule has 6 nitrogen and oxygen atoms in total. The molecule has 0 spiro atoms. The van der Waals surface area contributed by atoms with Crippen molar-refractivity contribution >= 4 is 49.9 Å². The van der Waals surface area contributed by atoms with Crippen LogP contribution in [0.15, 0.2) is 22.7 Å². The Kier molecular flexibility index (Phi) is 4.96. The first-order valence-corrected chi connectivity index (χ1v) is 9.27. The lowest BCUT2D eigenvalue weighted by Gasteiger charge is -2.28. The molecule has 0 radical (unpaired) electrons. The van der Waals surface area contributed by atoms with Gasteiger partial charge in [0.25, 0.3) is 0 Å². The van der Waals surface area contributed by atoms with Crippen LogP contribution in [-0.4, -0.2) is 28.6 Å². The lowest BCUT2D eigenvalue weighted by Crippen LogP contribution is -2.40. The Hall–Kier alpha value is -1.80. The van der Waals surface area contributed by atoms with E-state index >= 15 is 0 Å². The molecule has 24 heavy (non-hydrogen) atoms. The summed E-state index contributed by atoms with van der Waals surface area (Å²) in [5.74, 6) is -0.0483. The third-order valence-corrected chi connectivity index (χ3v) is 5.36. The average Bonchev–Trinajstić information content (AvgIpc) is 2.99. The van der Waals surface area contributed by atoms with E-state index in [0.29, 0.717) is 18.0 Å². The lowest BCUT2D eigenvalue weighted by molar-refractivity contribution is -0.121. The summed E-state index contributed by atoms with van der Waals surface area (Å²) in [5.41, 5.74) is 1.86. The maximum Gasteiger partial charge on any atom is 0.246 e. The molecule has 1 aromatic heterocycles. The molecule has 0 atom stereocenters. The van der Waals surface area contributed by atoms with E-state index in [1.165, 1.54) is 16.2 Å². The first kappa shape index (κ1) is 17.0. The molecule has 0 saturated heterocycles. The molecule has 2 aromatic rings. The largest absolute Gasteiger partial charge is 0.303 e. The second-order valence-corrected chi connectivity index (χ2v) is 7.83. The van der Waals surface area contributed by atoms with E-state index in [0.717, 1.165) is 20.7 Å². The molecule has 1 N–H and O–H groups in total. The Labute approximate surface area is 152 Å². The molecule has 0 saturated carbocycles. The average molecular weight is 409 g/mol. The SMILES string of the molecule is CC(C)c1nnc(NC(=O)CN2C(=O)CCc3cc(Br)ccc32)s1. The number of benzene rings is 1. The lowest BCUT2D eigenvalue weighted by atomic mass is 10.0. The number of amides is 2. The minimum absolute atomic E-state index is 0.0238. The van der Waals surface area contributed by atoms with Crippen molar-refractivity contribution in [1.29, 1.82) is 0 Å². The van der Waals surface area contributed by atoms with Gasteiger partial charge >= 0.3 is 0 Å². The first-order valence-electron chi connectivity index (χ1n) is 7.66. The van der Waals surface area contributed by atoms with Gasteiger partial charge in [-0.25, -0.2) is 0 Å². The van der Waals surface area contributed by atoms with E-state index in [-0.39, 0.29) is 24.3 Å². The number of aromatic nitrogens is 2. The highest BCUT2D eigenvalue weighted by molar-refractivity contribution is 9.10. The van der Waals surface area contributed by atoms with Gasteiger partial charge in [-0.15, -0.1) is 10.2 Å². The molecule has 3 rings (SSSR count). The number of carbonyl (C=O) groups is 2. The number of fused-ring (bicyclic) bond motifs is 1. The smallest absolute Gasteiger partial charge is 0.246 e. The maximum atomic E-state index is 12.3. The van der Waals surface area contributed by atoms with Crippen molar-refractivity contribution in [2.45, 2.75) is 32.6 Å². The number of hydrogen-bond acceptors (Lipinski definition) is 5. The topological polar surface area (TPSA) is 75.2 Å². The summed E-state index contributed by atoms with van der Waals surface area (Å²) in [4.78, 5) is 26.1. The van der Waals surface area contributed by atoms with Crippen LogP contribution in [0.1, 0.15) is 36.8 Å². The van der Waals surface area contributed by atoms with Crippen molar-refractivity contribution in [3.8, 4) is 0 Å². The van der Waals surface area contributed by atoms with E-state index in [1.807, 2.05) is 32.0 Å². The highest BCUT2D eigenvalue weighted by atomic mass is 79.9. The van der Waals surface area contributed by atoms with Crippen LogP contribution >= 0.6 is 27.3 Å². The predicted octanol–water partition coefficient (Wildman–Crippen LogP) is 3.34. The number of halogens is 1. The third-order valence-electron chi connectivity index (χ3n) is 3.72. The van der Waals surface area contributed by atoms with Crippen LogP contribution in [0.2, 0.25) is 0 Å². The predicted molar refractivity (Wildman–Crippen MR) is 97.4 cm³/mol. The van der Waals surface area contributed by atoms with Gasteiger partial charge in [-0.05, 0) is 30.2 Å². The fourth-order valence-electron chi connectivity index (χ4n) is 2.52. The van der Waals surface area contributed by atoms with Crippen LogP contribution in [-0.2, 0) is 16.0 Å². The van der Waals surface area contributed by atoms with Crippen LogP contribution in [0.3, 0.4) is 0 Å². The number of nitrogens with zero attached hydrogens (tertiary/aromatic N) is 3. The molecule has 1 aliphatic rings. The summed E-state index contributed by atoms with van der Waals surface area (Å²) in [6, 6.07) is 5.74. The molecule has 0 fully saturated rings.